The van der Waals surface area contributed by atoms with Gasteiger partial charge in [-0.3, -0.25) is 4.90 Å². The number of methoxy groups -OCH3 is 1. The first-order valence-corrected chi connectivity index (χ1v) is 6.77. The molecule has 3 heteroatoms. The van der Waals surface area contributed by atoms with Crippen LogP contribution in [0.4, 0.5) is 0 Å². The molecule has 0 aliphatic rings. The Morgan fingerprint density at radius 1 is 1.28 bits per heavy atom. The summed E-state index contributed by atoms with van der Waals surface area (Å²) in [4.78, 5) is 2.43. The zero-order valence-corrected chi connectivity index (χ0v) is 12.1. The summed E-state index contributed by atoms with van der Waals surface area (Å²) in [5.74, 6) is 0.988. The van der Waals surface area contributed by atoms with E-state index in [0.717, 1.165) is 38.5 Å². The Bertz CT molecular complexity index is 352. The molecule has 0 saturated carbocycles. The maximum Gasteiger partial charge on any atom is 0.123 e. The highest BCUT2D eigenvalue weighted by Gasteiger charge is 2.08. The summed E-state index contributed by atoms with van der Waals surface area (Å²) < 4.78 is 5.43. The summed E-state index contributed by atoms with van der Waals surface area (Å²) in [6, 6.07) is 6.37. The normalized spacial score (nSPS) is 10.9. The molecule has 1 aromatic carbocycles. The molecule has 0 bridgehead atoms. The highest BCUT2D eigenvalue weighted by molar-refractivity contribution is 5.36. The number of rotatable bonds is 8. The van der Waals surface area contributed by atoms with E-state index in [0.29, 0.717) is 0 Å². The molecular formula is C15H26N2O. The highest BCUT2D eigenvalue weighted by atomic mass is 16.5. The van der Waals surface area contributed by atoms with Crippen LogP contribution in [0.25, 0.3) is 0 Å². The summed E-state index contributed by atoms with van der Waals surface area (Å²) >= 11 is 0. The Kier molecular flexibility index (Phi) is 6.76. The van der Waals surface area contributed by atoms with Gasteiger partial charge in [0.15, 0.2) is 0 Å². The standard InChI is InChI=1S/C15H26N2O/c1-5-16-9-10-17(6-2)12-14-11-13(3)7-8-15(14)18-4/h7-8,11,16H,5-6,9-10,12H2,1-4H3. The topological polar surface area (TPSA) is 24.5 Å². The molecule has 102 valence electrons. The first kappa shape index (κ1) is 15.0. The van der Waals surface area contributed by atoms with Crippen molar-refractivity contribution in [2.24, 2.45) is 0 Å². The number of hydrogen-bond acceptors (Lipinski definition) is 3. The van der Waals surface area contributed by atoms with E-state index in [1.165, 1.54) is 11.1 Å². The molecule has 1 N–H and O–H groups in total. The number of likely N-dealkylation sites (N-methyl/N-ethyl adjacent to an activating group) is 2. The lowest BCUT2D eigenvalue weighted by Crippen LogP contribution is -2.31. The van der Waals surface area contributed by atoms with Crippen molar-refractivity contribution in [3.63, 3.8) is 0 Å². The fourth-order valence-electron chi connectivity index (χ4n) is 2.03. The number of aryl methyl sites for hydroxylation is 1. The van der Waals surface area contributed by atoms with E-state index < -0.39 is 0 Å². The predicted molar refractivity (Wildman–Crippen MR) is 77.2 cm³/mol. The van der Waals surface area contributed by atoms with Gasteiger partial charge in [0, 0.05) is 25.2 Å². The van der Waals surface area contributed by atoms with Gasteiger partial charge in [-0.15, -0.1) is 0 Å². The Morgan fingerprint density at radius 2 is 2.06 bits per heavy atom. The van der Waals surface area contributed by atoms with Crippen LogP contribution in [0.2, 0.25) is 0 Å². The molecule has 0 fully saturated rings. The van der Waals surface area contributed by atoms with Crippen molar-refractivity contribution in [3.05, 3.63) is 29.3 Å². The smallest absolute Gasteiger partial charge is 0.123 e. The Morgan fingerprint density at radius 3 is 2.67 bits per heavy atom. The maximum absolute atomic E-state index is 5.43. The van der Waals surface area contributed by atoms with Crippen molar-refractivity contribution in [2.45, 2.75) is 27.3 Å². The number of benzene rings is 1. The second kappa shape index (κ2) is 8.11. The van der Waals surface area contributed by atoms with Crippen LogP contribution >= 0.6 is 0 Å². The molecule has 0 aromatic heterocycles. The lowest BCUT2D eigenvalue weighted by molar-refractivity contribution is 0.274. The largest absolute Gasteiger partial charge is 0.496 e. The molecule has 18 heavy (non-hydrogen) atoms. The van der Waals surface area contributed by atoms with Crippen LogP contribution in [0, 0.1) is 6.92 Å². The molecule has 0 heterocycles. The summed E-state index contributed by atoms with van der Waals surface area (Å²) in [6.45, 7) is 11.6. The van der Waals surface area contributed by atoms with E-state index in [9.17, 15) is 0 Å². The minimum absolute atomic E-state index is 0.951. The molecule has 1 aromatic rings. The fraction of sp³-hybridized carbons (Fsp3) is 0.600. The molecule has 0 spiro atoms. The quantitative estimate of drug-likeness (QED) is 0.717. The third-order valence-electron chi connectivity index (χ3n) is 3.13. The molecule has 0 aliphatic heterocycles. The lowest BCUT2D eigenvalue weighted by atomic mass is 10.1. The van der Waals surface area contributed by atoms with E-state index in [2.05, 4.69) is 49.2 Å². The van der Waals surface area contributed by atoms with Crippen LogP contribution in [0.5, 0.6) is 5.75 Å². The number of nitrogens with one attached hydrogen (secondary N) is 1. The third-order valence-corrected chi connectivity index (χ3v) is 3.13. The zero-order valence-electron chi connectivity index (χ0n) is 12.1. The average Bonchev–Trinajstić information content (AvgIpc) is 2.38. The van der Waals surface area contributed by atoms with Crippen molar-refractivity contribution < 1.29 is 4.74 Å². The minimum Gasteiger partial charge on any atom is -0.496 e. The summed E-state index contributed by atoms with van der Waals surface area (Å²) in [5.41, 5.74) is 2.56. The van der Waals surface area contributed by atoms with Crippen molar-refractivity contribution in [1.29, 1.82) is 0 Å². The molecular weight excluding hydrogens is 224 g/mol. The van der Waals surface area contributed by atoms with Gasteiger partial charge in [-0.1, -0.05) is 31.5 Å². The minimum atomic E-state index is 0.951. The van der Waals surface area contributed by atoms with Crippen LogP contribution in [0.15, 0.2) is 18.2 Å². The third kappa shape index (κ3) is 4.67. The van der Waals surface area contributed by atoms with Crippen molar-refractivity contribution in [2.75, 3.05) is 33.3 Å². The van der Waals surface area contributed by atoms with E-state index in [4.69, 9.17) is 4.74 Å². The molecule has 3 nitrogen and oxygen atoms in total. The van der Waals surface area contributed by atoms with Crippen molar-refractivity contribution >= 4 is 0 Å². The summed E-state index contributed by atoms with van der Waals surface area (Å²) in [5, 5.41) is 3.37. The second-order valence-corrected chi connectivity index (χ2v) is 4.54. The van der Waals surface area contributed by atoms with Crippen LogP contribution in [0.3, 0.4) is 0 Å². The SMILES string of the molecule is CCNCCN(CC)Cc1cc(C)ccc1OC. The molecule has 0 amide bonds. The van der Waals surface area contributed by atoms with Gasteiger partial charge in [-0.2, -0.15) is 0 Å². The van der Waals surface area contributed by atoms with Crippen LogP contribution in [-0.2, 0) is 6.54 Å². The van der Waals surface area contributed by atoms with Crippen LogP contribution < -0.4 is 10.1 Å². The fourth-order valence-corrected chi connectivity index (χ4v) is 2.03. The van der Waals surface area contributed by atoms with E-state index in [-0.39, 0.29) is 0 Å². The predicted octanol–water partition coefficient (Wildman–Crippen LogP) is 2.44. The first-order valence-electron chi connectivity index (χ1n) is 6.77. The second-order valence-electron chi connectivity index (χ2n) is 4.54. The van der Waals surface area contributed by atoms with Crippen LogP contribution in [-0.4, -0.2) is 38.2 Å². The molecule has 0 aliphatic carbocycles. The van der Waals surface area contributed by atoms with Gasteiger partial charge in [0.25, 0.3) is 0 Å². The molecule has 0 radical (unpaired) electrons. The van der Waals surface area contributed by atoms with Crippen molar-refractivity contribution in [1.82, 2.24) is 10.2 Å². The monoisotopic (exact) mass is 250 g/mol. The van der Waals surface area contributed by atoms with Gasteiger partial charge in [0.05, 0.1) is 7.11 Å². The highest BCUT2D eigenvalue weighted by Crippen LogP contribution is 2.21. The zero-order chi connectivity index (χ0) is 13.4. The number of nitrogens with zero attached hydrogens (tertiary/aromatic N) is 1. The lowest BCUT2D eigenvalue weighted by Gasteiger charge is -2.22. The average molecular weight is 250 g/mol. The Labute approximate surface area is 111 Å². The van der Waals surface area contributed by atoms with Gasteiger partial charge in [-0.05, 0) is 26.1 Å². The Balaban J connectivity index is 2.65. The number of hydrogen-bond donors (Lipinski definition) is 1. The Hall–Kier alpha value is -1.06. The van der Waals surface area contributed by atoms with Crippen LogP contribution in [0.1, 0.15) is 25.0 Å². The van der Waals surface area contributed by atoms with Gasteiger partial charge in [-0.25, -0.2) is 0 Å². The van der Waals surface area contributed by atoms with E-state index >= 15 is 0 Å². The van der Waals surface area contributed by atoms with E-state index in [1.807, 2.05) is 0 Å². The molecule has 1 rings (SSSR count). The first-order chi connectivity index (χ1) is 8.71. The number of ether oxygens (including phenoxy) is 1. The maximum atomic E-state index is 5.43. The molecule has 0 unspecified atom stereocenters. The summed E-state index contributed by atoms with van der Waals surface area (Å²) in [6.07, 6.45) is 0. The van der Waals surface area contributed by atoms with Gasteiger partial charge < -0.3 is 10.1 Å². The molecule has 0 atom stereocenters. The van der Waals surface area contributed by atoms with Gasteiger partial charge in [0.2, 0.25) is 0 Å². The van der Waals surface area contributed by atoms with Crippen molar-refractivity contribution in [3.8, 4) is 5.75 Å². The van der Waals surface area contributed by atoms with Gasteiger partial charge in [0.1, 0.15) is 5.75 Å². The molecule has 0 saturated heterocycles. The van der Waals surface area contributed by atoms with E-state index in [1.54, 1.807) is 7.11 Å². The van der Waals surface area contributed by atoms with Gasteiger partial charge >= 0.3 is 0 Å². The summed E-state index contributed by atoms with van der Waals surface area (Å²) in [7, 11) is 1.74.